The molecule has 152 valence electrons. The summed E-state index contributed by atoms with van der Waals surface area (Å²) in [5.41, 5.74) is 9.10. The number of hydrogen-bond donors (Lipinski definition) is 1. The highest BCUT2D eigenvalue weighted by Crippen LogP contribution is 2.51. The highest BCUT2D eigenvalue weighted by Gasteiger charge is 2.48. The lowest BCUT2D eigenvalue weighted by atomic mass is 9.83. The molecule has 7 heteroatoms. The monoisotopic (exact) mass is 444 g/mol. The molecule has 1 unspecified atom stereocenters. The first kappa shape index (κ1) is 20.5. The summed E-state index contributed by atoms with van der Waals surface area (Å²) in [6.45, 7) is 3.96. The number of benzene rings is 1. The first-order valence-corrected chi connectivity index (χ1v) is 13.1. The van der Waals surface area contributed by atoms with Gasteiger partial charge in [-0.05, 0) is 67.8 Å². The average molecular weight is 445 g/mol. The minimum Gasteiger partial charge on any atom is -0.378 e. The van der Waals surface area contributed by atoms with E-state index in [1.54, 1.807) is 23.1 Å². The molecule has 1 spiro atoms. The van der Waals surface area contributed by atoms with Crippen molar-refractivity contribution in [1.29, 1.82) is 0 Å². The van der Waals surface area contributed by atoms with Gasteiger partial charge in [-0.25, -0.2) is 8.42 Å². The van der Waals surface area contributed by atoms with Crippen molar-refractivity contribution < 1.29 is 8.42 Å². The Morgan fingerprint density at radius 2 is 1.93 bits per heavy atom. The van der Waals surface area contributed by atoms with Crippen molar-refractivity contribution >= 4 is 38.1 Å². The Kier molecular flexibility index (Phi) is 5.30. The summed E-state index contributed by atoms with van der Waals surface area (Å²) < 4.78 is 23.7. The number of hydrogen-bond acceptors (Lipinski definition) is 6. The van der Waals surface area contributed by atoms with Crippen LogP contribution in [0.15, 0.2) is 40.7 Å². The summed E-state index contributed by atoms with van der Waals surface area (Å²) in [5.74, 6) is 6.54. The fourth-order valence-corrected chi connectivity index (χ4v) is 8.56. The molecular formula is C22H24N2O2S3. The van der Waals surface area contributed by atoms with Gasteiger partial charge in [-0.1, -0.05) is 29.8 Å². The van der Waals surface area contributed by atoms with Gasteiger partial charge in [0.1, 0.15) is 9.84 Å². The predicted octanol–water partition coefficient (Wildman–Crippen LogP) is 4.40. The Morgan fingerprint density at radius 1 is 1.17 bits per heavy atom. The average Bonchev–Trinajstić information content (AvgIpc) is 3.16. The van der Waals surface area contributed by atoms with Crippen LogP contribution in [0.4, 0.5) is 0 Å². The Morgan fingerprint density at radius 3 is 2.66 bits per heavy atom. The summed E-state index contributed by atoms with van der Waals surface area (Å²) in [7, 11) is -2.92. The van der Waals surface area contributed by atoms with Crippen LogP contribution in [0.5, 0.6) is 0 Å². The van der Waals surface area contributed by atoms with E-state index in [2.05, 4.69) is 42.3 Å². The molecule has 1 aromatic heterocycles. The molecule has 1 aromatic carbocycles. The molecule has 1 fully saturated rings. The first-order valence-electron chi connectivity index (χ1n) is 9.60. The van der Waals surface area contributed by atoms with Gasteiger partial charge < -0.3 is 5.73 Å². The summed E-state index contributed by atoms with van der Waals surface area (Å²) in [6, 6.07) is 10.4. The zero-order valence-electron chi connectivity index (χ0n) is 16.6. The second-order valence-corrected chi connectivity index (χ2v) is 12.7. The lowest BCUT2D eigenvalue weighted by Gasteiger charge is -2.44. The molecule has 0 radical (unpaired) electrons. The van der Waals surface area contributed by atoms with Crippen LogP contribution < -0.4 is 5.73 Å². The van der Waals surface area contributed by atoms with Gasteiger partial charge in [0.15, 0.2) is 5.17 Å². The molecule has 2 aliphatic rings. The molecule has 1 atom stereocenters. The topological polar surface area (TPSA) is 72.5 Å². The smallest absolute Gasteiger partial charge is 0.155 e. The standard InChI is InChI=1S/C22H24N2O2S3/c1-3-5-16-6-4-7-17(12-16)18-13-19(27-14-18)21(2)15-22(28-20(23)24-21)8-10-29(25,26)11-9-22/h4,6-7,12-14H,8-11,15H2,1-2H3,(H2,23,24). The van der Waals surface area contributed by atoms with Crippen molar-refractivity contribution in [2.75, 3.05) is 11.5 Å². The van der Waals surface area contributed by atoms with Crippen molar-refractivity contribution in [1.82, 2.24) is 0 Å². The van der Waals surface area contributed by atoms with Crippen LogP contribution in [0.2, 0.25) is 0 Å². The van der Waals surface area contributed by atoms with E-state index in [1.165, 1.54) is 0 Å². The largest absolute Gasteiger partial charge is 0.378 e. The normalized spacial score (nSPS) is 25.1. The molecule has 1 saturated heterocycles. The SMILES string of the molecule is CC#Cc1cccc(-c2csc(C3(C)CC4(CCS(=O)(=O)CC4)SC(N)=N3)c2)c1. The maximum atomic E-state index is 11.9. The van der Waals surface area contributed by atoms with Crippen molar-refractivity contribution in [2.45, 2.75) is 43.4 Å². The second kappa shape index (κ2) is 7.50. The van der Waals surface area contributed by atoms with Crippen molar-refractivity contribution in [2.24, 2.45) is 10.7 Å². The maximum absolute atomic E-state index is 11.9. The summed E-state index contributed by atoms with van der Waals surface area (Å²) in [5, 5.41) is 2.72. The molecule has 2 aliphatic heterocycles. The van der Waals surface area contributed by atoms with E-state index < -0.39 is 15.4 Å². The van der Waals surface area contributed by atoms with Gasteiger partial charge in [0.05, 0.1) is 17.0 Å². The Labute approximate surface area is 180 Å². The van der Waals surface area contributed by atoms with Gasteiger partial charge in [-0.3, -0.25) is 4.99 Å². The van der Waals surface area contributed by atoms with Crippen LogP contribution in [0, 0.1) is 11.8 Å². The van der Waals surface area contributed by atoms with E-state index in [1.807, 2.05) is 19.1 Å². The lowest BCUT2D eigenvalue weighted by molar-refractivity contribution is 0.357. The molecule has 0 aliphatic carbocycles. The van der Waals surface area contributed by atoms with E-state index in [0.717, 1.165) is 28.0 Å². The van der Waals surface area contributed by atoms with Crippen molar-refractivity contribution in [3.8, 4) is 23.0 Å². The third-order valence-electron chi connectivity index (χ3n) is 5.68. The molecule has 2 aromatic rings. The number of rotatable bonds is 2. The van der Waals surface area contributed by atoms with Crippen LogP contribution in [0.3, 0.4) is 0 Å². The molecule has 0 saturated carbocycles. The molecule has 0 bridgehead atoms. The van der Waals surface area contributed by atoms with Gasteiger partial charge in [0.2, 0.25) is 0 Å². The molecular weight excluding hydrogens is 420 g/mol. The third-order valence-corrected chi connectivity index (χ3v) is 9.80. The van der Waals surface area contributed by atoms with Crippen LogP contribution >= 0.6 is 23.1 Å². The quantitative estimate of drug-likeness (QED) is 0.697. The van der Waals surface area contributed by atoms with Crippen molar-refractivity contribution in [3.63, 3.8) is 0 Å². The van der Waals surface area contributed by atoms with E-state index in [9.17, 15) is 8.42 Å². The van der Waals surface area contributed by atoms with Gasteiger partial charge in [0.25, 0.3) is 0 Å². The van der Waals surface area contributed by atoms with E-state index in [4.69, 9.17) is 10.7 Å². The number of nitrogens with zero attached hydrogens (tertiary/aromatic N) is 1. The minimum absolute atomic E-state index is 0.146. The predicted molar refractivity (Wildman–Crippen MR) is 124 cm³/mol. The Hall–Kier alpha value is -1.75. The molecule has 0 amide bonds. The zero-order chi connectivity index (χ0) is 20.7. The van der Waals surface area contributed by atoms with Gasteiger partial charge in [-0.15, -0.1) is 17.3 Å². The zero-order valence-corrected chi connectivity index (χ0v) is 19.0. The third kappa shape index (κ3) is 4.25. The maximum Gasteiger partial charge on any atom is 0.155 e. The number of amidine groups is 1. The van der Waals surface area contributed by atoms with E-state index >= 15 is 0 Å². The first-order chi connectivity index (χ1) is 13.7. The van der Waals surface area contributed by atoms with E-state index in [0.29, 0.717) is 18.0 Å². The molecule has 2 N–H and O–H groups in total. The summed E-state index contributed by atoms with van der Waals surface area (Å²) in [6.07, 6.45) is 2.09. The highest BCUT2D eigenvalue weighted by molar-refractivity contribution is 8.15. The van der Waals surface area contributed by atoms with Crippen molar-refractivity contribution in [3.05, 3.63) is 46.2 Å². The number of aliphatic imine (C=N–C) groups is 1. The van der Waals surface area contributed by atoms with Crippen LogP contribution in [0.25, 0.3) is 11.1 Å². The van der Waals surface area contributed by atoms with Gasteiger partial charge in [-0.2, -0.15) is 0 Å². The number of sulfone groups is 1. The van der Waals surface area contributed by atoms with Gasteiger partial charge in [0, 0.05) is 15.2 Å². The lowest BCUT2D eigenvalue weighted by Crippen LogP contribution is -2.46. The molecule has 4 nitrogen and oxygen atoms in total. The van der Waals surface area contributed by atoms with Crippen LogP contribution in [0.1, 0.15) is 43.6 Å². The van der Waals surface area contributed by atoms with E-state index in [-0.39, 0.29) is 16.3 Å². The molecule has 3 heterocycles. The highest BCUT2D eigenvalue weighted by atomic mass is 32.2. The number of thioether (sulfide) groups is 1. The fourth-order valence-electron chi connectivity index (χ4n) is 4.21. The number of nitrogens with two attached hydrogens (primary N) is 1. The Bertz CT molecular complexity index is 1120. The van der Waals surface area contributed by atoms with Crippen LogP contribution in [-0.4, -0.2) is 29.8 Å². The minimum atomic E-state index is -2.92. The second-order valence-electron chi connectivity index (χ2n) is 7.99. The number of thiophene rings is 1. The summed E-state index contributed by atoms with van der Waals surface area (Å²) >= 11 is 3.26. The summed E-state index contributed by atoms with van der Waals surface area (Å²) in [4.78, 5) is 5.98. The van der Waals surface area contributed by atoms with Gasteiger partial charge >= 0.3 is 0 Å². The van der Waals surface area contributed by atoms with Crippen LogP contribution in [-0.2, 0) is 15.4 Å². The molecule has 4 rings (SSSR count). The Balaban J connectivity index is 1.65. The fraction of sp³-hybridized carbons (Fsp3) is 0.409. The molecule has 29 heavy (non-hydrogen) atoms.